The van der Waals surface area contributed by atoms with Crippen molar-refractivity contribution in [3.8, 4) is 0 Å². The third kappa shape index (κ3) is 1.95. The lowest BCUT2D eigenvalue weighted by atomic mass is 10.0. The Morgan fingerprint density at radius 1 is 1.56 bits per heavy atom. The van der Waals surface area contributed by atoms with E-state index in [2.05, 4.69) is 6.92 Å². The van der Waals surface area contributed by atoms with Crippen molar-refractivity contribution >= 4 is 0 Å². The Labute approximate surface area is 56.4 Å². The fourth-order valence-electron chi connectivity index (χ4n) is 1.15. The zero-order valence-corrected chi connectivity index (χ0v) is 5.97. The molecular weight excluding hydrogens is 114 g/mol. The fraction of sp³-hybridized carbons (Fsp3) is 1.00. The minimum atomic E-state index is 0.299. The highest BCUT2D eigenvalue weighted by atomic mass is 16.5. The molecule has 2 N–H and O–H groups in total. The Kier molecular flexibility index (Phi) is 2.49. The van der Waals surface area contributed by atoms with Crippen molar-refractivity contribution in [2.24, 2.45) is 5.73 Å². The minimum absolute atomic E-state index is 0.299. The predicted molar refractivity (Wildman–Crippen MR) is 37.2 cm³/mol. The van der Waals surface area contributed by atoms with Gasteiger partial charge in [-0.05, 0) is 19.3 Å². The van der Waals surface area contributed by atoms with Gasteiger partial charge in [0.1, 0.15) is 0 Å². The average Bonchev–Trinajstić information content (AvgIpc) is 1.90. The summed E-state index contributed by atoms with van der Waals surface area (Å²) >= 11 is 0. The van der Waals surface area contributed by atoms with Crippen LogP contribution in [-0.4, -0.2) is 18.8 Å². The maximum atomic E-state index is 5.63. The minimum Gasteiger partial charge on any atom is -0.377 e. The molecule has 0 radical (unpaired) electrons. The van der Waals surface area contributed by atoms with E-state index >= 15 is 0 Å². The highest BCUT2D eigenvalue weighted by molar-refractivity contribution is 4.70. The van der Waals surface area contributed by atoms with Crippen LogP contribution in [0.2, 0.25) is 0 Å². The molecule has 2 nitrogen and oxygen atoms in total. The standard InChI is InChI=1S/C7H15NO/c1-2-7-4-3-6(8)5-9-7/h6-7H,2-5,8H2,1H3/t6-,7?/m0/s1. The third-order valence-corrected chi connectivity index (χ3v) is 1.86. The summed E-state index contributed by atoms with van der Waals surface area (Å²) in [5.74, 6) is 0. The summed E-state index contributed by atoms with van der Waals surface area (Å²) in [5.41, 5.74) is 5.63. The van der Waals surface area contributed by atoms with Gasteiger partial charge in [0, 0.05) is 6.04 Å². The molecule has 2 heteroatoms. The van der Waals surface area contributed by atoms with E-state index in [1.165, 1.54) is 0 Å². The highest BCUT2D eigenvalue weighted by Gasteiger charge is 2.16. The second-order valence-electron chi connectivity index (χ2n) is 2.70. The smallest absolute Gasteiger partial charge is 0.0621 e. The van der Waals surface area contributed by atoms with Gasteiger partial charge in [0.15, 0.2) is 0 Å². The van der Waals surface area contributed by atoms with Crippen LogP contribution in [0.5, 0.6) is 0 Å². The quantitative estimate of drug-likeness (QED) is 0.571. The van der Waals surface area contributed by atoms with Crippen LogP contribution in [0.4, 0.5) is 0 Å². The van der Waals surface area contributed by atoms with Crippen LogP contribution in [-0.2, 0) is 4.74 Å². The largest absolute Gasteiger partial charge is 0.377 e. The molecule has 1 heterocycles. The molecule has 1 saturated heterocycles. The molecule has 0 aromatic rings. The summed E-state index contributed by atoms with van der Waals surface area (Å²) in [4.78, 5) is 0. The van der Waals surface area contributed by atoms with Gasteiger partial charge in [-0.25, -0.2) is 0 Å². The zero-order chi connectivity index (χ0) is 6.69. The Hall–Kier alpha value is -0.0800. The van der Waals surface area contributed by atoms with Crippen LogP contribution < -0.4 is 5.73 Å². The van der Waals surface area contributed by atoms with Crippen molar-refractivity contribution in [3.05, 3.63) is 0 Å². The Morgan fingerprint density at radius 2 is 2.33 bits per heavy atom. The van der Waals surface area contributed by atoms with Crippen molar-refractivity contribution in [3.63, 3.8) is 0 Å². The van der Waals surface area contributed by atoms with Gasteiger partial charge in [0.05, 0.1) is 12.7 Å². The molecule has 0 saturated carbocycles. The van der Waals surface area contributed by atoms with E-state index in [-0.39, 0.29) is 0 Å². The topological polar surface area (TPSA) is 35.2 Å². The van der Waals surface area contributed by atoms with E-state index in [0.717, 1.165) is 25.9 Å². The van der Waals surface area contributed by atoms with Gasteiger partial charge in [-0.1, -0.05) is 6.92 Å². The molecule has 1 rings (SSSR count). The maximum Gasteiger partial charge on any atom is 0.0621 e. The van der Waals surface area contributed by atoms with Gasteiger partial charge in [-0.2, -0.15) is 0 Å². The lowest BCUT2D eigenvalue weighted by Gasteiger charge is -2.25. The van der Waals surface area contributed by atoms with E-state index < -0.39 is 0 Å². The van der Waals surface area contributed by atoms with Gasteiger partial charge in [0.25, 0.3) is 0 Å². The molecule has 1 fully saturated rings. The number of nitrogens with two attached hydrogens (primary N) is 1. The molecule has 1 unspecified atom stereocenters. The molecule has 1 aliphatic rings. The number of hydrogen-bond acceptors (Lipinski definition) is 2. The Bertz CT molecular complexity index is 77.0. The number of ether oxygens (including phenoxy) is 1. The van der Waals surface area contributed by atoms with Crippen molar-refractivity contribution in [1.82, 2.24) is 0 Å². The van der Waals surface area contributed by atoms with Gasteiger partial charge >= 0.3 is 0 Å². The molecule has 0 amide bonds. The summed E-state index contributed by atoms with van der Waals surface area (Å²) in [7, 11) is 0. The van der Waals surface area contributed by atoms with Crippen LogP contribution >= 0.6 is 0 Å². The maximum absolute atomic E-state index is 5.63. The monoisotopic (exact) mass is 129 g/mol. The second-order valence-corrected chi connectivity index (χ2v) is 2.70. The average molecular weight is 129 g/mol. The summed E-state index contributed by atoms with van der Waals surface area (Å²) in [6.45, 7) is 2.92. The molecule has 9 heavy (non-hydrogen) atoms. The van der Waals surface area contributed by atoms with E-state index in [1.807, 2.05) is 0 Å². The Balaban J connectivity index is 2.18. The summed E-state index contributed by atoms with van der Waals surface area (Å²) in [5, 5.41) is 0. The fourth-order valence-corrected chi connectivity index (χ4v) is 1.15. The molecule has 1 aliphatic heterocycles. The summed E-state index contributed by atoms with van der Waals surface area (Å²) < 4.78 is 5.41. The van der Waals surface area contributed by atoms with Crippen LogP contribution in [0, 0.1) is 0 Å². The van der Waals surface area contributed by atoms with E-state index in [1.54, 1.807) is 0 Å². The summed E-state index contributed by atoms with van der Waals surface area (Å²) in [6.07, 6.45) is 3.91. The summed E-state index contributed by atoms with van der Waals surface area (Å²) in [6, 6.07) is 0.299. The molecule has 0 aromatic carbocycles. The zero-order valence-electron chi connectivity index (χ0n) is 5.97. The first-order valence-corrected chi connectivity index (χ1v) is 3.70. The Morgan fingerprint density at radius 3 is 2.78 bits per heavy atom. The van der Waals surface area contributed by atoms with E-state index in [0.29, 0.717) is 12.1 Å². The van der Waals surface area contributed by atoms with Crippen molar-refractivity contribution < 1.29 is 4.74 Å². The lowest BCUT2D eigenvalue weighted by Crippen LogP contribution is -2.34. The normalized spacial score (nSPS) is 36.7. The predicted octanol–water partition coefficient (Wildman–Crippen LogP) is 0.903. The molecule has 0 aliphatic carbocycles. The molecule has 2 atom stereocenters. The van der Waals surface area contributed by atoms with Gasteiger partial charge in [0.2, 0.25) is 0 Å². The second kappa shape index (κ2) is 3.18. The van der Waals surface area contributed by atoms with E-state index in [4.69, 9.17) is 10.5 Å². The van der Waals surface area contributed by atoms with E-state index in [9.17, 15) is 0 Å². The molecule has 0 spiro atoms. The van der Waals surface area contributed by atoms with Crippen LogP contribution in [0.15, 0.2) is 0 Å². The lowest BCUT2D eigenvalue weighted by molar-refractivity contribution is 0.00372. The van der Waals surface area contributed by atoms with Gasteiger partial charge in [-0.3, -0.25) is 0 Å². The first-order chi connectivity index (χ1) is 4.33. The van der Waals surface area contributed by atoms with Gasteiger partial charge in [-0.15, -0.1) is 0 Å². The first-order valence-electron chi connectivity index (χ1n) is 3.70. The van der Waals surface area contributed by atoms with Crippen LogP contribution in [0.25, 0.3) is 0 Å². The molecule has 0 aromatic heterocycles. The van der Waals surface area contributed by atoms with Gasteiger partial charge < -0.3 is 10.5 Å². The number of rotatable bonds is 1. The van der Waals surface area contributed by atoms with Crippen LogP contribution in [0.1, 0.15) is 26.2 Å². The highest BCUT2D eigenvalue weighted by Crippen LogP contribution is 2.13. The molecular formula is C7H15NO. The van der Waals surface area contributed by atoms with Crippen molar-refractivity contribution in [2.75, 3.05) is 6.61 Å². The molecule has 54 valence electrons. The first kappa shape index (κ1) is 7.03. The van der Waals surface area contributed by atoms with Crippen molar-refractivity contribution in [1.29, 1.82) is 0 Å². The molecule has 0 bridgehead atoms. The van der Waals surface area contributed by atoms with Crippen molar-refractivity contribution in [2.45, 2.75) is 38.3 Å². The SMILES string of the molecule is CCC1CC[C@H](N)CO1. The van der Waals surface area contributed by atoms with Crippen LogP contribution in [0.3, 0.4) is 0 Å². The number of hydrogen-bond donors (Lipinski definition) is 1. The third-order valence-electron chi connectivity index (χ3n) is 1.86.